The van der Waals surface area contributed by atoms with Gasteiger partial charge < -0.3 is 10.1 Å². The first-order chi connectivity index (χ1) is 9.42. The van der Waals surface area contributed by atoms with Gasteiger partial charge in [0.05, 0.1) is 0 Å². The molecule has 0 aliphatic heterocycles. The molecule has 0 bridgehead atoms. The average molecular weight is 374 g/mol. The molecule has 0 aromatic carbocycles. The molecule has 0 aliphatic carbocycles. The fraction of sp³-hybridized carbons (Fsp3) is 0.692. The van der Waals surface area contributed by atoms with Crippen molar-refractivity contribution in [2.24, 2.45) is 0 Å². The molecule has 1 aromatic rings. The lowest BCUT2D eigenvalue weighted by Gasteiger charge is -2.18. The third-order valence-corrected chi connectivity index (χ3v) is 4.63. The van der Waals surface area contributed by atoms with Crippen molar-refractivity contribution in [1.29, 1.82) is 0 Å². The number of nitrogens with one attached hydrogen (secondary N) is 1. The molecule has 1 atom stereocenters. The molecule has 1 rings (SSSR count). The minimum Gasteiger partial charge on any atom is -0.372 e. The first kappa shape index (κ1) is 17.9. The lowest BCUT2D eigenvalue weighted by atomic mass is 10.1. The van der Waals surface area contributed by atoms with Crippen LogP contribution in [0.3, 0.4) is 0 Å². The zero-order valence-corrected chi connectivity index (χ0v) is 13.7. The van der Waals surface area contributed by atoms with Crippen molar-refractivity contribution in [3.63, 3.8) is 0 Å². The summed E-state index contributed by atoms with van der Waals surface area (Å²) in [7, 11) is 0. The van der Waals surface area contributed by atoms with Gasteiger partial charge in [0, 0.05) is 22.0 Å². The van der Waals surface area contributed by atoms with E-state index in [4.69, 9.17) is 0 Å². The van der Waals surface area contributed by atoms with E-state index in [0.717, 1.165) is 23.9 Å². The Labute approximate surface area is 129 Å². The number of alkyl halides is 3. The molecule has 0 saturated heterocycles. The summed E-state index contributed by atoms with van der Waals surface area (Å²) in [5.41, 5.74) is 0. The summed E-state index contributed by atoms with van der Waals surface area (Å²) in [4.78, 5) is 1.20. The van der Waals surface area contributed by atoms with Crippen molar-refractivity contribution in [2.45, 2.75) is 38.4 Å². The topological polar surface area (TPSA) is 21.3 Å². The first-order valence-corrected chi connectivity index (χ1v) is 8.19. The summed E-state index contributed by atoms with van der Waals surface area (Å²) in [5, 5.41) is 5.35. The Morgan fingerprint density at radius 3 is 2.75 bits per heavy atom. The van der Waals surface area contributed by atoms with Crippen LogP contribution in [0.15, 0.2) is 15.9 Å². The van der Waals surface area contributed by atoms with Crippen molar-refractivity contribution in [3.8, 4) is 0 Å². The predicted octanol–water partition coefficient (Wildman–Crippen LogP) is 4.39. The number of halogens is 4. The number of thiophene rings is 1. The van der Waals surface area contributed by atoms with Gasteiger partial charge in [-0.25, -0.2) is 0 Å². The van der Waals surface area contributed by atoms with Crippen LogP contribution >= 0.6 is 27.3 Å². The molecule has 1 aromatic heterocycles. The van der Waals surface area contributed by atoms with Crippen molar-refractivity contribution in [3.05, 3.63) is 20.8 Å². The van der Waals surface area contributed by atoms with Crippen molar-refractivity contribution in [1.82, 2.24) is 5.32 Å². The molecule has 0 radical (unpaired) electrons. The smallest absolute Gasteiger partial charge is 0.372 e. The molecule has 1 N–H and O–H groups in total. The summed E-state index contributed by atoms with van der Waals surface area (Å²) in [6, 6.07) is 2.12. The van der Waals surface area contributed by atoms with E-state index in [0.29, 0.717) is 6.42 Å². The van der Waals surface area contributed by atoms with Gasteiger partial charge in [0.1, 0.15) is 6.61 Å². The molecule has 20 heavy (non-hydrogen) atoms. The molecule has 116 valence electrons. The normalized spacial score (nSPS) is 13.7. The van der Waals surface area contributed by atoms with Crippen LogP contribution in [-0.2, 0) is 11.2 Å². The molecule has 0 fully saturated rings. The summed E-state index contributed by atoms with van der Waals surface area (Å²) < 4.78 is 41.7. The maximum atomic E-state index is 12.0. The fourth-order valence-electron chi connectivity index (χ4n) is 1.73. The van der Waals surface area contributed by atoms with Crippen LogP contribution in [0.5, 0.6) is 0 Å². The van der Waals surface area contributed by atoms with Gasteiger partial charge in [-0.1, -0.05) is 6.92 Å². The van der Waals surface area contributed by atoms with Crippen LogP contribution in [0.1, 0.15) is 24.6 Å². The first-order valence-electron chi connectivity index (χ1n) is 6.52. The minimum absolute atomic E-state index is 0.115. The molecule has 2 nitrogen and oxygen atoms in total. The molecule has 1 unspecified atom stereocenters. The molecule has 1 heterocycles. The Balaban J connectivity index is 2.38. The Morgan fingerprint density at radius 2 is 2.20 bits per heavy atom. The fourth-order valence-corrected chi connectivity index (χ4v) is 3.33. The van der Waals surface area contributed by atoms with Gasteiger partial charge in [0.2, 0.25) is 0 Å². The summed E-state index contributed by atoms with van der Waals surface area (Å²) in [6.45, 7) is 1.86. The lowest BCUT2D eigenvalue weighted by molar-refractivity contribution is -0.174. The largest absolute Gasteiger partial charge is 0.411 e. The van der Waals surface area contributed by atoms with Gasteiger partial charge in [-0.2, -0.15) is 13.2 Å². The Morgan fingerprint density at radius 1 is 1.45 bits per heavy atom. The van der Waals surface area contributed by atoms with Crippen molar-refractivity contribution in [2.75, 3.05) is 19.8 Å². The Kier molecular flexibility index (Phi) is 8.09. The van der Waals surface area contributed by atoms with E-state index in [9.17, 15) is 13.2 Å². The second-order valence-electron chi connectivity index (χ2n) is 4.50. The molecule has 0 aliphatic rings. The second kappa shape index (κ2) is 9.02. The molecule has 0 spiro atoms. The van der Waals surface area contributed by atoms with Gasteiger partial charge in [0.25, 0.3) is 0 Å². The van der Waals surface area contributed by atoms with Crippen LogP contribution in [-0.4, -0.2) is 32.0 Å². The maximum Gasteiger partial charge on any atom is 0.411 e. The van der Waals surface area contributed by atoms with E-state index in [1.54, 1.807) is 11.3 Å². The molecule has 0 saturated carbocycles. The highest BCUT2D eigenvalue weighted by atomic mass is 79.9. The van der Waals surface area contributed by atoms with E-state index in [1.807, 2.05) is 11.4 Å². The SMILES string of the molecule is CCCNC(CCOCC(F)(F)F)Cc1sccc1Br. The summed E-state index contributed by atoms with van der Waals surface area (Å²) in [6.07, 6.45) is -1.89. The zero-order chi connectivity index (χ0) is 15.0. The highest BCUT2D eigenvalue weighted by Crippen LogP contribution is 2.24. The van der Waals surface area contributed by atoms with Crippen LogP contribution in [0.25, 0.3) is 0 Å². The van der Waals surface area contributed by atoms with Crippen LogP contribution in [0.2, 0.25) is 0 Å². The highest BCUT2D eigenvalue weighted by molar-refractivity contribution is 9.10. The van der Waals surface area contributed by atoms with Gasteiger partial charge >= 0.3 is 6.18 Å². The number of ether oxygens (including phenoxy) is 1. The third kappa shape index (κ3) is 7.61. The molecule has 0 amide bonds. The summed E-state index contributed by atoms with van der Waals surface area (Å²) in [5.74, 6) is 0. The Bertz CT molecular complexity index is 384. The van der Waals surface area contributed by atoms with Gasteiger partial charge in [0.15, 0.2) is 0 Å². The zero-order valence-electron chi connectivity index (χ0n) is 11.3. The van der Waals surface area contributed by atoms with Gasteiger partial charge in [-0.05, 0) is 53.2 Å². The lowest BCUT2D eigenvalue weighted by Crippen LogP contribution is -2.33. The number of hydrogen-bond donors (Lipinski definition) is 1. The number of hydrogen-bond acceptors (Lipinski definition) is 3. The van der Waals surface area contributed by atoms with E-state index in [-0.39, 0.29) is 12.6 Å². The van der Waals surface area contributed by atoms with E-state index in [1.165, 1.54) is 4.88 Å². The van der Waals surface area contributed by atoms with E-state index < -0.39 is 12.8 Å². The minimum atomic E-state index is -4.25. The standard InChI is InChI=1S/C13H19BrF3NOS/c1-2-5-18-10(3-6-19-9-13(15,16)17)8-12-11(14)4-7-20-12/h4,7,10,18H,2-3,5-6,8-9H2,1H3. The molecular formula is C13H19BrF3NOS. The monoisotopic (exact) mass is 373 g/mol. The quantitative estimate of drug-likeness (QED) is 0.648. The van der Waals surface area contributed by atoms with Crippen LogP contribution in [0, 0.1) is 0 Å². The highest BCUT2D eigenvalue weighted by Gasteiger charge is 2.27. The van der Waals surface area contributed by atoms with Crippen LogP contribution in [0.4, 0.5) is 13.2 Å². The molecular weight excluding hydrogens is 355 g/mol. The predicted molar refractivity (Wildman–Crippen MR) is 79.3 cm³/mol. The maximum absolute atomic E-state index is 12.0. The van der Waals surface area contributed by atoms with Crippen molar-refractivity contribution >= 4 is 27.3 Å². The van der Waals surface area contributed by atoms with Crippen LogP contribution < -0.4 is 5.32 Å². The summed E-state index contributed by atoms with van der Waals surface area (Å²) >= 11 is 5.12. The molecule has 7 heteroatoms. The second-order valence-corrected chi connectivity index (χ2v) is 6.36. The van der Waals surface area contributed by atoms with Crippen molar-refractivity contribution < 1.29 is 17.9 Å². The van der Waals surface area contributed by atoms with E-state index >= 15 is 0 Å². The average Bonchev–Trinajstić information content (AvgIpc) is 2.75. The van der Waals surface area contributed by atoms with E-state index in [2.05, 4.69) is 32.9 Å². The number of rotatable bonds is 9. The van der Waals surface area contributed by atoms with Gasteiger partial charge in [-0.15, -0.1) is 11.3 Å². The third-order valence-electron chi connectivity index (χ3n) is 2.68. The van der Waals surface area contributed by atoms with Gasteiger partial charge in [-0.3, -0.25) is 0 Å². The Hall–Kier alpha value is -0.110.